The second-order valence-electron chi connectivity index (χ2n) is 4.77. The van der Waals surface area contributed by atoms with Crippen molar-refractivity contribution in [3.63, 3.8) is 0 Å². The first-order valence-corrected chi connectivity index (χ1v) is 7.53. The zero-order chi connectivity index (χ0) is 13.9. The van der Waals surface area contributed by atoms with Crippen molar-refractivity contribution < 1.29 is 9.90 Å². The SMILES string of the molecule is O=C(O)c1cc(-c2cccs2)nc(N2CCCCC2)n1. The van der Waals surface area contributed by atoms with Crippen molar-refractivity contribution in [2.45, 2.75) is 19.3 Å². The Morgan fingerprint density at radius 1 is 1.25 bits per heavy atom. The minimum absolute atomic E-state index is 0.0592. The first-order valence-electron chi connectivity index (χ1n) is 6.65. The predicted molar refractivity (Wildman–Crippen MR) is 78.4 cm³/mol. The molecular formula is C14H15N3O2S. The number of hydrogen-bond donors (Lipinski definition) is 1. The fraction of sp³-hybridized carbons (Fsp3) is 0.357. The van der Waals surface area contributed by atoms with Crippen LogP contribution in [0.5, 0.6) is 0 Å². The van der Waals surface area contributed by atoms with Gasteiger partial charge in [0, 0.05) is 13.1 Å². The normalized spacial score (nSPS) is 15.3. The van der Waals surface area contributed by atoms with Gasteiger partial charge in [0.1, 0.15) is 0 Å². The molecule has 0 spiro atoms. The average Bonchev–Trinajstić information content (AvgIpc) is 3.02. The Balaban J connectivity index is 2.02. The zero-order valence-electron chi connectivity index (χ0n) is 11.0. The number of carboxylic acids is 1. The number of aromatic nitrogens is 2. The highest BCUT2D eigenvalue weighted by Crippen LogP contribution is 2.26. The maximum atomic E-state index is 11.3. The molecule has 5 nitrogen and oxygen atoms in total. The largest absolute Gasteiger partial charge is 0.477 e. The smallest absolute Gasteiger partial charge is 0.354 e. The number of anilines is 1. The molecule has 1 N–H and O–H groups in total. The fourth-order valence-corrected chi connectivity index (χ4v) is 3.02. The van der Waals surface area contributed by atoms with E-state index in [0.29, 0.717) is 11.6 Å². The molecule has 6 heteroatoms. The van der Waals surface area contributed by atoms with Crippen LogP contribution in [0.4, 0.5) is 5.95 Å². The highest BCUT2D eigenvalue weighted by molar-refractivity contribution is 7.13. The topological polar surface area (TPSA) is 66.3 Å². The van der Waals surface area contributed by atoms with Crippen LogP contribution in [-0.2, 0) is 0 Å². The second-order valence-corrected chi connectivity index (χ2v) is 5.72. The van der Waals surface area contributed by atoms with Crippen molar-refractivity contribution in [2.75, 3.05) is 18.0 Å². The molecule has 1 aliphatic rings. The summed E-state index contributed by atoms with van der Waals surface area (Å²) in [5.74, 6) is -0.475. The molecule has 1 aliphatic heterocycles. The molecule has 0 amide bonds. The van der Waals surface area contributed by atoms with E-state index in [4.69, 9.17) is 0 Å². The zero-order valence-corrected chi connectivity index (χ0v) is 11.8. The van der Waals surface area contributed by atoms with Gasteiger partial charge in [-0.1, -0.05) is 6.07 Å². The van der Waals surface area contributed by atoms with Crippen LogP contribution < -0.4 is 4.90 Å². The number of carbonyl (C=O) groups is 1. The van der Waals surface area contributed by atoms with Crippen LogP contribution in [-0.4, -0.2) is 34.1 Å². The van der Waals surface area contributed by atoms with Crippen molar-refractivity contribution >= 4 is 23.3 Å². The first kappa shape index (κ1) is 13.1. The number of piperidine rings is 1. The maximum Gasteiger partial charge on any atom is 0.354 e. The summed E-state index contributed by atoms with van der Waals surface area (Å²) in [4.78, 5) is 23.0. The Morgan fingerprint density at radius 2 is 2.05 bits per heavy atom. The fourth-order valence-electron chi connectivity index (χ4n) is 2.33. The van der Waals surface area contributed by atoms with Crippen LogP contribution >= 0.6 is 11.3 Å². The Hall–Kier alpha value is -1.95. The molecule has 0 saturated carbocycles. The monoisotopic (exact) mass is 289 g/mol. The van der Waals surface area contributed by atoms with Crippen molar-refractivity contribution in [2.24, 2.45) is 0 Å². The Morgan fingerprint density at radius 3 is 2.70 bits per heavy atom. The predicted octanol–water partition coefficient (Wildman–Crippen LogP) is 2.89. The van der Waals surface area contributed by atoms with Gasteiger partial charge in [-0.05, 0) is 36.8 Å². The number of rotatable bonds is 3. The van der Waals surface area contributed by atoms with Crippen LogP contribution in [0.3, 0.4) is 0 Å². The standard InChI is InChI=1S/C14H15N3O2S/c18-13(19)11-9-10(12-5-4-8-20-12)15-14(16-11)17-6-2-1-3-7-17/h4-5,8-9H,1-3,6-7H2,(H,18,19). The van der Waals surface area contributed by atoms with E-state index in [0.717, 1.165) is 30.8 Å². The summed E-state index contributed by atoms with van der Waals surface area (Å²) in [6.07, 6.45) is 3.43. The lowest BCUT2D eigenvalue weighted by atomic mass is 10.1. The van der Waals surface area contributed by atoms with Gasteiger partial charge in [-0.15, -0.1) is 11.3 Å². The minimum Gasteiger partial charge on any atom is -0.477 e. The van der Waals surface area contributed by atoms with E-state index >= 15 is 0 Å². The summed E-state index contributed by atoms with van der Waals surface area (Å²) in [5, 5.41) is 11.2. The third-order valence-corrected chi connectivity index (χ3v) is 4.24. The van der Waals surface area contributed by atoms with Gasteiger partial charge in [-0.25, -0.2) is 14.8 Å². The van der Waals surface area contributed by atoms with E-state index < -0.39 is 5.97 Å². The summed E-state index contributed by atoms with van der Waals surface area (Å²) in [5.41, 5.74) is 0.747. The van der Waals surface area contributed by atoms with E-state index in [1.807, 2.05) is 17.5 Å². The van der Waals surface area contributed by atoms with Crippen LogP contribution in [0.15, 0.2) is 23.6 Å². The van der Waals surface area contributed by atoms with Gasteiger partial charge in [0.05, 0.1) is 10.6 Å². The van der Waals surface area contributed by atoms with Crippen molar-refractivity contribution in [3.05, 3.63) is 29.3 Å². The highest BCUT2D eigenvalue weighted by atomic mass is 32.1. The van der Waals surface area contributed by atoms with Gasteiger partial charge in [0.15, 0.2) is 5.69 Å². The molecule has 0 aromatic carbocycles. The molecule has 1 saturated heterocycles. The second kappa shape index (κ2) is 5.58. The summed E-state index contributed by atoms with van der Waals surface area (Å²) in [6.45, 7) is 1.79. The summed E-state index contributed by atoms with van der Waals surface area (Å²) < 4.78 is 0. The van der Waals surface area contributed by atoms with Crippen LogP contribution in [0.25, 0.3) is 10.6 Å². The van der Waals surface area contributed by atoms with Gasteiger partial charge in [0.2, 0.25) is 5.95 Å². The van der Waals surface area contributed by atoms with Crippen LogP contribution in [0, 0.1) is 0 Å². The van der Waals surface area contributed by atoms with Gasteiger partial charge >= 0.3 is 5.97 Å². The lowest BCUT2D eigenvalue weighted by Gasteiger charge is -2.26. The van der Waals surface area contributed by atoms with Crippen LogP contribution in [0.1, 0.15) is 29.8 Å². The van der Waals surface area contributed by atoms with E-state index in [9.17, 15) is 9.90 Å². The molecule has 104 valence electrons. The lowest BCUT2D eigenvalue weighted by molar-refractivity contribution is 0.0690. The van der Waals surface area contributed by atoms with E-state index in [2.05, 4.69) is 14.9 Å². The number of nitrogens with zero attached hydrogens (tertiary/aromatic N) is 3. The third-order valence-electron chi connectivity index (χ3n) is 3.35. The van der Waals surface area contributed by atoms with Crippen molar-refractivity contribution in [1.82, 2.24) is 9.97 Å². The summed E-state index contributed by atoms with van der Waals surface area (Å²) in [7, 11) is 0. The molecule has 0 unspecified atom stereocenters. The Labute approximate surface area is 120 Å². The van der Waals surface area contributed by atoms with Crippen molar-refractivity contribution in [1.29, 1.82) is 0 Å². The van der Waals surface area contributed by atoms with Crippen molar-refractivity contribution in [3.8, 4) is 10.6 Å². The molecule has 3 heterocycles. The Kier molecular flexibility index (Phi) is 3.64. The maximum absolute atomic E-state index is 11.3. The molecule has 1 fully saturated rings. The number of aromatic carboxylic acids is 1. The molecule has 0 atom stereocenters. The van der Waals surface area contributed by atoms with Gasteiger partial charge in [0.25, 0.3) is 0 Å². The van der Waals surface area contributed by atoms with Gasteiger partial charge in [-0.3, -0.25) is 0 Å². The van der Waals surface area contributed by atoms with Gasteiger partial charge < -0.3 is 10.0 Å². The summed E-state index contributed by atoms with van der Waals surface area (Å²) in [6, 6.07) is 5.42. The van der Waals surface area contributed by atoms with Gasteiger partial charge in [-0.2, -0.15) is 0 Å². The molecule has 0 aliphatic carbocycles. The molecule has 2 aromatic rings. The van der Waals surface area contributed by atoms with E-state index in [1.54, 1.807) is 17.4 Å². The van der Waals surface area contributed by atoms with Crippen LogP contribution in [0.2, 0.25) is 0 Å². The number of carboxylic acid groups (broad SMARTS) is 1. The highest BCUT2D eigenvalue weighted by Gasteiger charge is 2.18. The average molecular weight is 289 g/mol. The molecular weight excluding hydrogens is 274 g/mol. The molecule has 0 bridgehead atoms. The van der Waals surface area contributed by atoms with E-state index in [-0.39, 0.29) is 5.69 Å². The molecule has 2 aromatic heterocycles. The third kappa shape index (κ3) is 2.65. The first-order chi connectivity index (χ1) is 9.74. The molecule has 0 radical (unpaired) electrons. The number of thiophene rings is 1. The minimum atomic E-state index is -1.01. The summed E-state index contributed by atoms with van der Waals surface area (Å²) >= 11 is 1.55. The van der Waals surface area contributed by atoms with E-state index in [1.165, 1.54) is 6.42 Å². The molecule has 20 heavy (non-hydrogen) atoms. The lowest BCUT2D eigenvalue weighted by Crippen LogP contribution is -2.31. The number of hydrogen-bond acceptors (Lipinski definition) is 5. The molecule has 3 rings (SSSR count). The quantitative estimate of drug-likeness (QED) is 0.941. The Bertz CT molecular complexity index is 607.